The number of nitrogens with zero attached hydrogens (tertiary/aromatic N) is 1. The van der Waals surface area contributed by atoms with Gasteiger partial charge in [0.15, 0.2) is 0 Å². The number of aromatic nitrogens is 1. The first-order valence-electron chi connectivity index (χ1n) is 9.29. The molecule has 1 aromatic carbocycles. The molecule has 0 atom stereocenters. The fourth-order valence-electron chi connectivity index (χ4n) is 2.81. The summed E-state index contributed by atoms with van der Waals surface area (Å²) in [4.78, 5) is 23.7. The van der Waals surface area contributed by atoms with E-state index in [0.717, 1.165) is 36.6 Å². The molecular weight excluding hydrogens is 330 g/mol. The summed E-state index contributed by atoms with van der Waals surface area (Å²) >= 11 is 0. The first-order valence-corrected chi connectivity index (χ1v) is 9.29. The highest BCUT2D eigenvalue weighted by Crippen LogP contribution is 2.21. The van der Waals surface area contributed by atoms with Crippen molar-refractivity contribution in [3.05, 3.63) is 36.0 Å². The van der Waals surface area contributed by atoms with Crippen molar-refractivity contribution >= 4 is 23.0 Å². The quantitative estimate of drug-likeness (QED) is 0.510. The second-order valence-corrected chi connectivity index (χ2v) is 7.42. The Bertz CT molecular complexity index is 755. The van der Waals surface area contributed by atoms with Gasteiger partial charge < -0.3 is 9.47 Å². The van der Waals surface area contributed by atoms with Crippen molar-refractivity contribution in [2.75, 3.05) is 6.61 Å². The molecular formula is C21H29NO4. The van der Waals surface area contributed by atoms with Gasteiger partial charge >= 0.3 is 12.1 Å². The number of carbonyl (C=O) groups excluding carboxylic acids is 2. The summed E-state index contributed by atoms with van der Waals surface area (Å²) < 4.78 is 12.0. The van der Waals surface area contributed by atoms with Gasteiger partial charge in [0, 0.05) is 18.0 Å². The molecule has 0 fully saturated rings. The van der Waals surface area contributed by atoms with Gasteiger partial charge in [0.05, 0.1) is 12.1 Å². The van der Waals surface area contributed by atoms with E-state index in [2.05, 4.69) is 6.07 Å². The zero-order valence-electron chi connectivity index (χ0n) is 16.2. The lowest BCUT2D eigenvalue weighted by Gasteiger charge is -2.19. The van der Waals surface area contributed by atoms with Crippen LogP contribution in [0, 0.1) is 0 Å². The standard InChI is InChI=1S/C21H29NO4/c1-5-25-19(23)10-8-6-7-9-16-11-12-17-13-14-22(18(17)15-16)20(24)26-21(2,3)4/h11-15H,5-10H2,1-4H3. The lowest BCUT2D eigenvalue weighted by molar-refractivity contribution is -0.143. The molecule has 0 bridgehead atoms. The summed E-state index contributed by atoms with van der Waals surface area (Å²) in [5.74, 6) is -0.121. The molecule has 0 radical (unpaired) electrons. The minimum absolute atomic E-state index is 0.121. The third-order valence-corrected chi connectivity index (χ3v) is 4.00. The Labute approximate surface area is 155 Å². The van der Waals surface area contributed by atoms with Gasteiger partial charge in [-0.2, -0.15) is 0 Å². The SMILES string of the molecule is CCOC(=O)CCCCCc1ccc2ccn(C(=O)OC(C)(C)C)c2c1. The van der Waals surface area contributed by atoms with E-state index in [0.29, 0.717) is 13.0 Å². The van der Waals surface area contributed by atoms with Crippen LogP contribution < -0.4 is 0 Å². The molecule has 1 aromatic heterocycles. The van der Waals surface area contributed by atoms with Crippen LogP contribution in [0.2, 0.25) is 0 Å². The van der Waals surface area contributed by atoms with E-state index < -0.39 is 5.60 Å². The number of fused-ring (bicyclic) bond motifs is 1. The Balaban J connectivity index is 1.94. The second-order valence-electron chi connectivity index (χ2n) is 7.42. The van der Waals surface area contributed by atoms with Gasteiger partial charge in [-0.3, -0.25) is 9.36 Å². The minimum Gasteiger partial charge on any atom is -0.466 e. The Morgan fingerprint density at radius 2 is 1.85 bits per heavy atom. The molecule has 0 saturated carbocycles. The molecule has 142 valence electrons. The summed E-state index contributed by atoms with van der Waals surface area (Å²) in [5.41, 5.74) is 1.52. The average molecular weight is 359 g/mol. The molecule has 0 unspecified atom stereocenters. The van der Waals surface area contributed by atoms with E-state index in [-0.39, 0.29) is 12.1 Å². The molecule has 26 heavy (non-hydrogen) atoms. The van der Waals surface area contributed by atoms with Gasteiger partial charge in [0.2, 0.25) is 0 Å². The number of aryl methyl sites for hydroxylation is 1. The summed E-state index contributed by atoms with van der Waals surface area (Å²) in [6.07, 6.45) is 5.60. The smallest absolute Gasteiger partial charge is 0.418 e. The van der Waals surface area contributed by atoms with Gasteiger partial charge in [-0.1, -0.05) is 18.6 Å². The molecule has 0 amide bonds. The number of carbonyl (C=O) groups is 2. The lowest BCUT2D eigenvalue weighted by atomic mass is 10.0. The van der Waals surface area contributed by atoms with E-state index in [4.69, 9.17) is 9.47 Å². The molecule has 0 saturated heterocycles. The zero-order valence-corrected chi connectivity index (χ0v) is 16.2. The fourth-order valence-corrected chi connectivity index (χ4v) is 2.81. The maximum Gasteiger partial charge on any atom is 0.418 e. The molecule has 2 rings (SSSR count). The highest BCUT2D eigenvalue weighted by Gasteiger charge is 2.19. The van der Waals surface area contributed by atoms with Crippen molar-refractivity contribution < 1.29 is 19.1 Å². The molecule has 5 heteroatoms. The zero-order chi connectivity index (χ0) is 19.2. The van der Waals surface area contributed by atoms with Gasteiger partial charge in [0.25, 0.3) is 0 Å². The van der Waals surface area contributed by atoms with Gasteiger partial charge in [-0.05, 0) is 64.7 Å². The van der Waals surface area contributed by atoms with Crippen LogP contribution in [0.5, 0.6) is 0 Å². The van der Waals surface area contributed by atoms with E-state index in [9.17, 15) is 9.59 Å². The van der Waals surface area contributed by atoms with Crippen molar-refractivity contribution in [3.63, 3.8) is 0 Å². The van der Waals surface area contributed by atoms with E-state index in [1.165, 1.54) is 5.56 Å². The number of hydrogen-bond donors (Lipinski definition) is 0. The molecule has 5 nitrogen and oxygen atoms in total. The molecule has 0 aliphatic rings. The molecule has 0 spiro atoms. The third kappa shape index (κ3) is 5.90. The van der Waals surface area contributed by atoms with Crippen LogP contribution >= 0.6 is 0 Å². The summed E-state index contributed by atoms with van der Waals surface area (Å²) in [6.45, 7) is 7.84. The number of esters is 1. The van der Waals surface area contributed by atoms with Crippen LogP contribution in [0.4, 0.5) is 4.79 Å². The Morgan fingerprint density at radius 3 is 2.54 bits per heavy atom. The molecule has 2 aromatic rings. The first-order chi connectivity index (χ1) is 12.3. The van der Waals surface area contributed by atoms with E-state index >= 15 is 0 Å². The predicted molar refractivity (Wildman–Crippen MR) is 102 cm³/mol. The Hall–Kier alpha value is -2.30. The van der Waals surface area contributed by atoms with Crippen LogP contribution in [0.15, 0.2) is 30.5 Å². The maximum atomic E-state index is 12.4. The Morgan fingerprint density at radius 1 is 1.08 bits per heavy atom. The van der Waals surface area contributed by atoms with Crippen LogP contribution in [-0.4, -0.2) is 28.8 Å². The fraction of sp³-hybridized carbons (Fsp3) is 0.524. The second kappa shape index (κ2) is 8.88. The molecule has 0 aliphatic heterocycles. The van der Waals surface area contributed by atoms with Crippen molar-refractivity contribution in [1.29, 1.82) is 0 Å². The topological polar surface area (TPSA) is 57.5 Å². The molecule has 0 aliphatic carbocycles. The lowest BCUT2D eigenvalue weighted by Crippen LogP contribution is -2.26. The monoisotopic (exact) mass is 359 g/mol. The van der Waals surface area contributed by atoms with Gasteiger partial charge in [-0.15, -0.1) is 0 Å². The summed E-state index contributed by atoms with van der Waals surface area (Å²) in [6, 6.07) is 8.09. The number of hydrogen-bond acceptors (Lipinski definition) is 4. The van der Waals surface area contributed by atoms with Gasteiger partial charge in [0.1, 0.15) is 5.60 Å². The third-order valence-electron chi connectivity index (χ3n) is 4.00. The van der Waals surface area contributed by atoms with Crippen LogP contribution in [-0.2, 0) is 20.7 Å². The molecule has 1 heterocycles. The highest BCUT2D eigenvalue weighted by atomic mass is 16.6. The Kier molecular flexibility index (Phi) is 6.83. The van der Waals surface area contributed by atoms with Crippen molar-refractivity contribution in [1.82, 2.24) is 4.57 Å². The summed E-state index contributed by atoms with van der Waals surface area (Å²) in [5, 5.41) is 1.02. The van der Waals surface area contributed by atoms with Crippen LogP contribution in [0.3, 0.4) is 0 Å². The van der Waals surface area contributed by atoms with E-state index in [1.54, 1.807) is 10.8 Å². The van der Waals surface area contributed by atoms with Gasteiger partial charge in [-0.25, -0.2) is 4.79 Å². The minimum atomic E-state index is -0.524. The predicted octanol–water partition coefficient (Wildman–Crippen LogP) is 5.09. The average Bonchev–Trinajstić information content (AvgIpc) is 2.96. The van der Waals surface area contributed by atoms with Crippen LogP contribution in [0.1, 0.15) is 58.9 Å². The first kappa shape index (κ1) is 20.0. The number of ether oxygens (including phenoxy) is 2. The van der Waals surface area contributed by atoms with Crippen LogP contribution in [0.25, 0.3) is 10.9 Å². The number of unbranched alkanes of at least 4 members (excludes halogenated alkanes) is 2. The number of rotatable bonds is 7. The summed E-state index contributed by atoms with van der Waals surface area (Å²) in [7, 11) is 0. The highest BCUT2D eigenvalue weighted by molar-refractivity contribution is 5.90. The van der Waals surface area contributed by atoms with E-state index in [1.807, 2.05) is 45.9 Å². The molecule has 0 N–H and O–H groups in total. The van der Waals surface area contributed by atoms with Crippen molar-refractivity contribution in [2.24, 2.45) is 0 Å². The normalized spacial score (nSPS) is 11.5. The van der Waals surface area contributed by atoms with Crippen molar-refractivity contribution in [3.8, 4) is 0 Å². The maximum absolute atomic E-state index is 12.4. The number of benzene rings is 1. The van der Waals surface area contributed by atoms with Crippen molar-refractivity contribution in [2.45, 2.75) is 65.4 Å². The largest absolute Gasteiger partial charge is 0.466 e.